The minimum absolute atomic E-state index is 0.0201. The summed E-state index contributed by atoms with van der Waals surface area (Å²) >= 11 is 0.974. The number of carboxylic acids is 1. The lowest BCUT2D eigenvalue weighted by Crippen LogP contribution is -2.72. The molecule has 200 valence electrons. The number of β-lactam (4-membered cyclic amide) rings is 1. The Labute approximate surface area is 211 Å². The van der Waals surface area contributed by atoms with E-state index in [0.29, 0.717) is 6.54 Å². The third kappa shape index (κ3) is 8.42. The van der Waals surface area contributed by atoms with Gasteiger partial charge in [0, 0.05) is 18.5 Å². The number of oxime groups is 1. The predicted molar refractivity (Wildman–Crippen MR) is 130 cm³/mol. The number of aliphatic hydroxyl groups is 1. The third-order valence-corrected chi connectivity index (χ3v) is 5.31. The van der Waals surface area contributed by atoms with Gasteiger partial charge in [0.25, 0.3) is 5.91 Å². The molecule has 1 fully saturated rings. The second-order valence-corrected chi connectivity index (χ2v) is 10.4. The highest BCUT2D eigenvalue weighted by Crippen LogP contribution is 2.19. The number of carboxylic acid groups (broad SMARTS) is 1. The average molecular weight is 529 g/mol. The smallest absolute Gasteiger partial charge is 0.413 e. The number of aromatic nitrogens is 1. The van der Waals surface area contributed by atoms with Crippen molar-refractivity contribution < 1.29 is 39.0 Å². The summed E-state index contributed by atoms with van der Waals surface area (Å²) in [5, 5.41) is 34.5. The van der Waals surface area contributed by atoms with Crippen molar-refractivity contribution in [3.63, 3.8) is 0 Å². The van der Waals surface area contributed by atoms with E-state index in [4.69, 9.17) is 9.57 Å². The van der Waals surface area contributed by atoms with Gasteiger partial charge >= 0.3 is 12.1 Å². The first-order valence-corrected chi connectivity index (χ1v) is 11.9. The van der Waals surface area contributed by atoms with E-state index in [1.54, 1.807) is 27.7 Å². The van der Waals surface area contributed by atoms with E-state index in [1.165, 1.54) is 19.2 Å². The number of rotatable bonds is 11. The Bertz CT molecular complexity index is 1020. The lowest BCUT2D eigenvalue weighted by Gasteiger charge is -2.37. The van der Waals surface area contributed by atoms with Crippen LogP contribution in [0.4, 0.5) is 9.93 Å². The van der Waals surface area contributed by atoms with Crippen LogP contribution in [0.5, 0.6) is 0 Å². The van der Waals surface area contributed by atoms with Crippen LogP contribution in [-0.2, 0) is 24.0 Å². The molecule has 1 aromatic heterocycles. The number of anilines is 1. The SMILES string of the molecule is CC(O)CNC[C@H]1NC(=O)[C@H]1NC(=O)/C(=N\OC(C)(C)C(=O)O)c1csc(NC(=O)OC(C)(C)C)n1. The van der Waals surface area contributed by atoms with E-state index in [1.807, 2.05) is 0 Å². The number of ether oxygens (including phenoxy) is 1. The molecule has 0 spiro atoms. The number of hydrogen-bond acceptors (Lipinski definition) is 11. The van der Waals surface area contributed by atoms with Crippen molar-refractivity contribution in [3.05, 3.63) is 11.1 Å². The van der Waals surface area contributed by atoms with Gasteiger partial charge in [0.15, 0.2) is 10.8 Å². The summed E-state index contributed by atoms with van der Waals surface area (Å²) in [4.78, 5) is 57.8. The van der Waals surface area contributed by atoms with Gasteiger partial charge in [-0.05, 0) is 41.5 Å². The van der Waals surface area contributed by atoms with Crippen LogP contribution in [0.3, 0.4) is 0 Å². The molecular weight excluding hydrogens is 496 g/mol. The van der Waals surface area contributed by atoms with Crippen LogP contribution in [0.2, 0.25) is 0 Å². The molecule has 0 saturated carbocycles. The van der Waals surface area contributed by atoms with Gasteiger partial charge < -0.3 is 35.7 Å². The van der Waals surface area contributed by atoms with Crippen LogP contribution in [0.25, 0.3) is 0 Å². The van der Waals surface area contributed by atoms with Crippen LogP contribution in [0.1, 0.15) is 47.2 Å². The minimum atomic E-state index is -1.76. The predicted octanol–water partition coefficient (Wildman–Crippen LogP) is 0.0276. The Balaban J connectivity index is 2.21. The largest absolute Gasteiger partial charge is 0.478 e. The monoisotopic (exact) mass is 528 g/mol. The van der Waals surface area contributed by atoms with E-state index >= 15 is 0 Å². The van der Waals surface area contributed by atoms with Crippen LogP contribution < -0.4 is 21.3 Å². The second-order valence-electron chi connectivity index (χ2n) is 9.58. The number of amides is 3. The molecule has 3 amide bonds. The number of nitrogens with one attached hydrogen (secondary N) is 4. The first-order valence-electron chi connectivity index (χ1n) is 11.0. The lowest BCUT2D eigenvalue weighted by molar-refractivity contribution is -0.161. The molecule has 1 unspecified atom stereocenters. The molecule has 14 nitrogen and oxygen atoms in total. The number of aliphatic carboxylic acids is 1. The second kappa shape index (κ2) is 11.6. The Morgan fingerprint density at radius 3 is 2.50 bits per heavy atom. The molecule has 15 heteroatoms. The highest BCUT2D eigenvalue weighted by atomic mass is 32.1. The molecule has 0 aromatic carbocycles. The maximum Gasteiger partial charge on any atom is 0.413 e. The Hall–Kier alpha value is -3.30. The summed E-state index contributed by atoms with van der Waals surface area (Å²) in [7, 11) is 0. The van der Waals surface area contributed by atoms with Gasteiger partial charge in [-0.25, -0.2) is 14.6 Å². The number of hydrogen-bond donors (Lipinski definition) is 6. The van der Waals surface area contributed by atoms with Crippen LogP contribution in [-0.4, -0.2) is 87.3 Å². The zero-order valence-electron chi connectivity index (χ0n) is 20.9. The summed E-state index contributed by atoms with van der Waals surface area (Å²) in [6, 6.07) is -1.35. The molecule has 0 aliphatic carbocycles. The van der Waals surface area contributed by atoms with Gasteiger partial charge in [-0.3, -0.25) is 14.9 Å². The summed E-state index contributed by atoms with van der Waals surface area (Å²) in [6.45, 7) is 9.76. The van der Waals surface area contributed by atoms with E-state index in [-0.39, 0.29) is 17.4 Å². The van der Waals surface area contributed by atoms with Crippen molar-refractivity contribution in [2.45, 2.75) is 70.9 Å². The molecule has 1 saturated heterocycles. The van der Waals surface area contributed by atoms with E-state index in [0.717, 1.165) is 11.3 Å². The zero-order chi connectivity index (χ0) is 27.3. The van der Waals surface area contributed by atoms with Gasteiger partial charge in [-0.15, -0.1) is 11.3 Å². The number of aliphatic hydroxyl groups excluding tert-OH is 1. The Morgan fingerprint density at radius 2 is 1.94 bits per heavy atom. The van der Waals surface area contributed by atoms with Crippen molar-refractivity contribution in [2.75, 3.05) is 18.4 Å². The Kier molecular flexibility index (Phi) is 9.34. The molecule has 6 N–H and O–H groups in total. The van der Waals surface area contributed by atoms with E-state index in [9.17, 15) is 29.4 Å². The van der Waals surface area contributed by atoms with Crippen LogP contribution >= 0.6 is 11.3 Å². The Morgan fingerprint density at radius 1 is 1.28 bits per heavy atom. The van der Waals surface area contributed by atoms with E-state index in [2.05, 4.69) is 31.4 Å². The molecular formula is C21H32N6O8S. The van der Waals surface area contributed by atoms with Gasteiger partial charge in [0.2, 0.25) is 11.5 Å². The molecule has 1 aromatic rings. The number of thiazole rings is 1. The molecule has 0 radical (unpaired) electrons. The third-order valence-electron chi connectivity index (χ3n) is 4.55. The average Bonchev–Trinajstić information content (AvgIpc) is 3.17. The first kappa shape index (κ1) is 28.9. The standard InChI is InChI=1S/C21H32N6O8S/c1-10(28)7-22-8-11-13(15(29)23-11)25-16(30)14(27-35-21(5,6)17(31)32)12-9-36-18(24-12)26-19(33)34-20(2,3)4/h9-11,13,22,28H,7-8H2,1-6H3,(H,23,29)(H,25,30)(H,31,32)(H,24,26,33)/b27-14-/t10?,11-,13+/m1/s1. The molecule has 0 bridgehead atoms. The topological polar surface area (TPSA) is 201 Å². The summed E-state index contributed by atoms with van der Waals surface area (Å²) in [5.41, 5.74) is -2.92. The maximum absolute atomic E-state index is 13.1. The number of carbonyl (C=O) groups is 4. The van der Waals surface area contributed by atoms with Crippen LogP contribution in [0, 0.1) is 0 Å². The lowest BCUT2D eigenvalue weighted by atomic mass is 9.98. The maximum atomic E-state index is 13.1. The number of carbonyl (C=O) groups excluding carboxylic acids is 3. The zero-order valence-corrected chi connectivity index (χ0v) is 21.7. The molecule has 36 heavy (non-hydrogen) atoms. The van der Waals surface area contributed by atoms with Crippen LogP contribution in [0.15, 0.2) is 10.5 Å². The van der Waals surface area contributed by atoms with Crippen molar-refractivity contribution in [1.82, 2.24) is 20.9 Å². The fourth-order valence-corrected chi connectivity index (χ4v) is 3.35. The summed E-state index contributed by atoms with van der Waals surface area (Å²) in [5.74, 6) is -2.59. The number of nitrogens with zero attached hydrogens (tertiary/aromatic N) is 2. The van der Waals surface area contributed by atoms with Crippen molar-refractivity contribution in [1.29, 1.82) is 0 Å². The van der Waals surface area contributed by atoms with E-state index < -0.39 is 59.0 Å². The molecule has 1 aliphatic rings. The fourth-order valence-electron chi connectivity index (χ4n) is 2.67. The van der Waals surface area contributed by atoms with Crippen molar-refractivity contribution in [2.24, 2.45) is 5.16 Å². The molecule has 2 rings (SSSR count). The highest BCUT2D eigenvalue weighted by Gasteiger charge is 2.41. The van der Waals surface area contributed by atoms with Gasteiger partial charge in [0.05, 0.1) is 12.1 Å². The molecule has 3 atom stereocenters. The van der Waals surface area contributed by atoms with Gasteiger partial charge in [0.1, 0.15) is 17.3 Å². The first-order chi connectivity index (χ1) is 16.6. The quantitative estimate of drug-likeness (QED) is 0.129. The van der Waals surface area contributed by atoms with Gasteiger partial charge in [-0.1, -0.05) is 5.16 Å². The van der Waals surface area contributed by atoms with Crippen molar-refractivity contribution in [3.8, 4) is 0 Å². The summed E-state index contributed by atoms with van der Waals surface area (Å²) < 4.78 is 5.17. The molecule has 2 heterocycles. The summed E-state index contributed by atoms with van der Waals surface area (Å²) in [6.07, 6.45) is -1.34. The van der Waals surface area contributed by atoms with Gasteiger partial charge in [-0.2, -0.15) is 0 Å². The fraction of sp³-hybridized carbons (Fsp3) is 0.619. The molecule has 1 aliphatic heterocycles. The normalized spacial score (nSPS) is 19.0. The van der Waals surface area contributed by atoms with Crippen molar-refractivity contribution >= 4 is 46.1 Å². The minimum Gasteiger partial charge on any atom is -0.478 e. The highest BCUT2D eigenvalue weighted by molar-refractivity contribution is 7.14.